The van der Waals surface area contributed by atoms with Gasteiger partial charge in [-0.15, -0.1) is 5.10 Å². The predicted octanol–water partition coefficient (Wildman–Crippen LogP) is -0.340. The summed E-state index contributed by atoms with van der Waals surface area (Å²) < 4.78 is 5.70. The number of rotatable bonds is 6. The van der Waals surface area contributed by atoms with Gasteiger partial charge in [0.2, 0.25) is 0 Å². The summed E-state index contributed by atoms with van der Waals surface area (Å²) in [6.45, 7) is 1.57. The second-order valence-corrected chi connectivity index (χ2v) is 4.52. The third-order valence-corrected chi connectivity index (χ3v) is 2.75. The smallest absolute Gasteiger partial charge is 0.413 e. The number of alkyl carbamates (subject to hydrolysis) is 1. The molecule has 0 saturated heterocycles. The summed E-state index contributed by atoms with van der Waals surface area (Å²) in [6.07, 6.45) is 3.49. The van der Waals surface area contributed by atoms with Gasteiger partial charge in [-0.2, -0.15) is 0 Å². The van der Waals surface area contributed by atoms with E-state index >= 15 is 0 Å². The number of ether oxygens (including phenoxy) is 1. The molecule has 2 amide bonds. The molecule has 0 aliphatic heterocycles. The van der Waals surface area contributed by atoms with Crippen LogP contribution in [0.3, 0.4) is 0 Å². The molecule has 0 bridgehead atoms. The van der Waals surface area contributed by atoms with Gasteiger partial charge >= 0.3 is 6.09 Å². The highest BCUT2D eigenvalue weighted by Crippen LogP contribution is 2.27. The van der Waals surface area contributed by atoms with Crippen molar-refractivity contribution in [3.05, 3.63) is 11.9 Å². The summed E-state index contributed by atoms with van der Waals surface area (Å²) in [5.41, 5.74) is 0.770. The Hall–Kier alpha value is -1.96. The summed E-state index contributed by atoms with van der Waals surface area (Å²) in [5, 5.41) is 13.1. The van der Waals surface area contributed by atoms with Gasteiger partial charge in [-0.25, -0.2) is 9.48 Å². The molecule has 0 aromatic carbocycles. The van der Waals surface area contributed by atoms with Crippen LogP contribution in [0.4, 0.5) is 4.79 Å². The van der Waals surface area contributed by atoms with E-state index in [-0.39, 0.29) is 6.54 Å². The number of hydrogen-bond acceptors (Lipinski definition) is 6. The van der Waals surface area contributed by atoms with Crippen LogP contribution in [0.25, 0.3) is 0 Å². The van der Waals surface area contributed by atoms with Crippen molar-refractivity contribution in [2.24, 2.45) is 5.92 Å². The van der Waals surface area contributed by atoms with Gasteiger partial charge in [0.05, 0.1) is 19.0 Å². The molecule has 8 nitrogen and oxygen atoms in total. The number of hydrogen-bond donors (Lipinski definition) is 2. The second-order valence-electron chi connectivity index (χ2n) is 4.52. The van der Waals surface area contributed by atoms with Crippen LogP contribution in [-0.4, -0.2) is 40.6 Å². The fourth-order valence-electron chi connectivity index (χ4n) is 1.57. The number of nitrogens with one attached hydrogen (secondary N) is 2. The molecule has 1 saturated carbocycles. The Kier molecular flexibility index (Phi) is 4.45. The van der Waals surface area contributed by atoms with Gasteiger partial charge in [-0.1, -0.05) is 5.21 Å². The molecule has 2 rings (SSSR count). The molecule has 1 aromatic heterocycles. The van der Waals surface area contributed by atoms with Crippen LogP contribution in [-0.2, 0) is 22.6 Å². The molecule has 1 aromatic rings. The van der Waals surface area contributed by atoms with Crippen LogP contribution in [0.15, 0.2) is 6.20 Å². The summed E-state index contributed by atoms with van der Waals surface area (Å²) in [7, 11) is 1.20. The molecule has 19 heavy (non-hydrogen) atoms. The van der Waals surface area contributed by atoms with E-state index in [2.05, 4.69) is 20.4 Å². The van der Waals surface area contributed by atoms with E-state index in [4.69, 9.17) is 0 Å². The monoisotopic (exact) mass is 267 g/mol. The maximum Gasteiger partial charge on any atom is 0.413 e. The molecular weight excluding hydrogens is 250 g/mol. The minimum atomic E-state index is -0.781. The molecule has 0 radical (unpaired) electrons. The lowest BCUT2D eigenvalue weighted by Crippen LogP contribution is -2.33. The lowest BCUT2D eigenvalue weighted by atomic mass is 10.4. The Bertz CT molecular complexity index is 455. The first-order valence-electron chi connectivity index (χ1n) is 6.15. The zero-order valence-electron chi connectivity index (χ0n) is 10.8. The number of carbonyl (C=O) groups is 2. The lowest BCUT2D eigenvalue weighted by Gasteiger charge is -2.01. The number of imide groups is 1. The van der Waals surface area contributed by atoms with Crippen molar-refractivity contribution < 1.29 is 14.3 Å². The lowest BCUT2D eigenvalue weighted by molar-refractivity contribution is -0.121. The highest BCUT2D eigenvalue weighted by Gasteiger charge is 2.20. The van der Waals surface area contributed by atoms with Crippen molar-refractivity contribution in [3.63, 3.8) is 0 Å². The molecule has 1 fully saturated rings. The van der Waals surface area contributed by atoms with E-state index in [1.165, 1.54) is 24.6 Å². The fraction of sp³-hybridized carbons (Fsp3) is 0.636. The third kappa shape index (κ3) is 4.66. The SMILES string of the molecule is COC(=O)NC(=O)Cn1cc(CNCC2CC2)nn1. The van der Waals surface area contributed by atoms with Crippen LogP contribution in [0.1, 0.15) is 18.5 Å². The Balaban J connectivity index is 1.72. The summed E-state index contributed by atoms with van der Waals surface area (Å²) in [6, 6.07) is 0. The fourth-order valence-corrected chi connectivity index (χ4v) is 1.57. The van der Waals surface area contributed by atoms with Crippen molar-refractivity contribution in [2.75, 3.05) is 13.7 Å². The molecule has 8 heteroatoms. The molecular formula is C11H17N5O3. The second kappa shape index (κ2) is 6.28. The van der Waals surface area contributed by atoms with Crippen molar-refractivity contribution in [2.45, 2.75) is 25.9 Å². The van der Waals surface area contributed by atoms with Crippen molar-refractivity contribution >= 4 is 12.0 Å². The van der Waals surface area contributed by atoms with E-state index in [1.54, 1.807) is 6.20 Å². The Morgan fingerprint density at radius 3 is 3.00 bits per heavy atom. The van der Waals surface area contributed by atoms with Gasteiger partial charge in [0, 0.05) is 6.54 Å². The van der Waals surface area contributed by atoms with Gasteiger partial charge < -0.3 is 10.1 Å². The van der Waals surface area contributed by atoms with Crippen LogP contribution in [0, 0.1) is 5.92 Å². The molecule has 1 aliphatic rings. The maximum atomic E-state index is 11.4. The molecule has 1 aliphatic carbocycles. The highest BCUT2D eigenvalue weighted by atomic mass is 16.5. The maximum absolute atomic E-state index is 11.4. The first-order valence-corrected chi connectivity index (χ1v) is 6.15. The quantitative estimate of drug-likeness (QED) is 0.731. The van der Waals surface area contributed by atoms with Crippen LogP contribution in [0.2, 0.25) is 0 Å². The molecule has 0 atom stereocenters. The summed E-state index contributed by atoms with van der Waals surface area (Å²) >= 11 is 0. The van der Waals surface area contributed by atoms with E-state index in [9.17, 15) is 9.59 Å². The topological polar surface area (TPSA) is 98.1 Å². The minimum Gasteiger partial charge on any atom is -0.453 e. The first-order chi connectivity index (χ1) is 9.17. The summed E-state index contributed by atoms with van der Waals surface area (Å²) in [5.74, 6) is 0.315. The van der Waals surface area contributed by atoms with Gasteiger partial charge in [0.15, 0.2) is 0 Å². The predicted molar refractivity (Wildman–Crippen MR) is 65.0 cm³/mol. The van der Waals surface area contributed by atoms with Gasteiger partial charge in [0.25, 0.3) is 5.91 Å². The summed E-state index contributed by atoms with van der Waals surface area (Å²) in [4.78, 5) is 22.2. The highest BCUT2D eigenvalue weighted by molar-refractivity contribution is 5.91. The van der Waals surface area contributed by atoms with Crippen LogP contribution < -0.4 is 10.6 Å². The minimum absolute atomic E-state index is 0.0648. The number of nitrogens with zero attached hydrogens (tertiary/aromatic N) is 3. The molecule has 0 spiro atoms. The molecule has 0 unspecified atom stereocenters. The average Bonchev–Trinajstić information content (AvgIpc) is 3.09. The van der Waals surface area contributed by atoms with E-state index in [1.807, 2.05) is 5.32 Å². The van der Waals surface area contributed by atoms with Crippen molar-refractivity contribution in [1.29, 1.82) is 0 Å². The Morgan fingerprint density at radius 2 is 2.32 bits per heavy atom. The number of amides is 2. The Morgan fingerprint density at radius 1 is 1.53 bits per heavy atom. The van der Waals surface area contributed by atoms with Gasteiger partial charge in [-0.3, -0.25) is 10.1 Å². The standard InChI is InChI=1S/C11H17N5O3/c1-19-11(18)13-10(17)7-16-6-9(14-15-16)5-12-4-8-2-3-8/h6,8,12H,2-5,7H2,1H3,(H,13,17,18). The number of methoxy groups -OCH3 is 1. The van der Waals surface area contributed by atoms with Gasteiger partial charge in [0.1, 0.15) is 6.54 Å². The first kappa shape index (κ1) is 13.5. The normalized spacial score (nSPS) is 14.2. The molecule has 1 heterocycles. The van der Waals surface area contributed by atoms with Crippen LogP contribution in [0.5, 0.6) is 0 Å². The molecule has 2 N–H and O–H groups in total. The Labute approximate surface area is 110 Å². The van der Waals surface area contributed by atoms with E-state index < -0.39 is 12.0 Å². The molecule has 104 valence electrons. The van der Waals surface area contributed by atoms with Crippen LogP contribution >= 0.6 is 0 Å². The zero-order valence-corrected chi connectivity index (χ0v) is 10.8. The van der Waals surface area contributed by atoms with Gasteiger partial charge in [-0.05, 0) is 25.3 Å². The van der Waals surface area contributed by atoms with E-state index in [0.717, 1.165) is 18.2 Å². The number of carbonyl (C=O) groups excluding carboxylic acids is 2. The van der Waals surface area contributed by atoms with Crippen molar-refractivity contribution in [3.8, 4) is 0 Å². The average molecular weight is 267 g/mol. The number of aromatic nitrogens is 3. The zero-order chi connectivity index (χ0) is 13.7. The van der Waals surface area contributed by atoms with Crippen molar-refractivity contribution in [1.82, 2.24) is 25.6 Å². The van der Waals surface area contributed by atoms with E-state index in [0.29, 0.717) is 6.54 Å². The third-order valence-electron chi connectivity index (χ3n) is 2.75. The largest absolute Gasteiger partial charge is 0.453 e.